The molecule has 9 nitrogen and oxygen atoms in total. The fraction of sp³-hybridized carbons (Fsp3) is 0.500. The van der Waals surface area contributed by atoms with Crippen LogP contribution in [0, 0.1) is 19.8 Å². The summed E-state index contributed by atoms with van der Waals surface area (Å²) in [4.78, 5) is 34.5. The van der Waals surface area contributed by atoms with Gasteiger partial charge in [0.25, 0.3) is 5.56 Å². The molecule has 1 saturated heterocycles. The van der Waals surface area contributed by atoms with E-state index in [1.54, 1.807) is 19.3 Å². The highest BCUT2D eigenvalue weighted by molar-refractivity contribution is 5.79. The summed E-state index contributed by atoms with van der Waals surface area (Å²) in [6.07, 6.45) is 2.90. The fourth-order valence-corrected chi connectivity index (χ4v) is 3.37. The lowest BCUT2D eigenvalue weighted by molar-refractivity contribution is -0.120. The van der Waals surface area contributed by atoms with Crippen LogP contribution in [0.25, 0.3) is 0 Å². The van der Waals surface area contributed by atoms with Crippen molar-refractivity contribution < 1.29 is 4.79 Å². The van der Waals surface area contributed by atoms with E-state index < -0.39 is 0 Å². The molecule has 3 rings (SSSR count). The minimum Gasteiger partial charge on any atom is -0.370 e. The summed E-state index contributed by atoms with van der Waals surface area (Å²) < 4.78 is 1.31. The molecule has 3 N–H and O–H groups in total. The molecule has 2 aromatic rings. The molecule has 0 radical (unpaired) electrons. The molecule has 1 fully saturated rings. The average Bonchev–Trinajstić information content (AvgIpc) is 3.07. The molecule has 1 atom stereocenters. The first kappa shape index (κ1) is 18.8. The number of hydrogen-bond acceptors (Lipinski definition) is 7. The molecule has 9 heteroatoms. The van der Waals surface area contributed by atoms with Crippen molar-refractivity contribution in [1.82, 2.24) is 25.1 Å². The lowest BCUT2D eigenvalue weighted by Gasteiger charge is -2.18. The van der Waals surface area contributed by atoms with Crippen LogP contribution in [0.3, 0.4) is 0 Å². The van der Waals surface area contributed by atoms with Crippen molar-refractivity contribution in [1.29, 1.82) is 0 Å². The molecule has 0 unspecified atom stereocenters. The number of nitrogens with two attached hydrogens (primary N) is 1. The molecule has 0 aliphatic carbocycles. The van der Waals surface area contributed by atoms with Crippen LogP contribution in [0.15, 0.2) is 17.1 Å². The summed E-state index contributed by atoms with van der Waals surface area (Å²) in [6, 6.07) is 1.60. The predicted molar refractivity (Wildman–Crippen MR) is 102 cm³/mol. The second-order valence-corrected chi connectivity index (χ2v) is 6.99. The molecule has 2 aromatic heterocycles. The maximum atomic E-state index is 12.3. The van der Waals surface area contributed by atoms with Crippen LogP contribution in [0.2, 0.25) is 0 Å². The smallest absolute Gasteiger partial charge is 0.268 e. The monoisotopic (exact) mass is 371 g/mol. The Balaban J connectivity index is 1.53. The van der Waals surface area contributed by atoms with E-state index in [0.29, 0.717) is 12.5 Å². The van der Waals surface area contributed by atoms with E-state index in [9.17, 15) is 9.59 Å². The maximum Gasteiger partial charge on any atom is 0.268 e. The van der Waals surface area contributed by atoms with Gasteiger partial charge in [-0.3, -0.25) is 9.59 Å². The number of nitrogens with one attached hydrogen (secondary N) is 1. The van der Waals surface area contributed by atoms with Gasteiger partial charge in [-0.25, -0.2) is 14.6 Å². The largest absolute Gasteiger partial charge is 0.370 e. The van der Waals surface area contributed by atoms with Gasteiger partial charge in [0.1, 0.15) is 0 Å². The van der Waals surface area contributed by atoms with Crippen LogP contribution in [0.5, 0.6) is 0 Å². The molecule has 3 heterocycles. The van der Waals surface area contributed by atoms with Gasteiger partial charge in [-0.1, -0.05) is 0 Å². The Morgan fingerprint density at radius 1 is 1.33 bits per heavy atom. The van der Waals surface area contributed by atoms with Gasteiger partial charge in [0.2, 0.25) is 11.9 Å². The minimum absolute atomic E-state index is 0.0525. The number of nitrogen functional groups attached to an aromatic ring is 1. The van der Waals surface area contributed by atoms with Crippen molar-refractivity contribution >= 4 is 17.5 Å². The number of aromatic nitrogens is 4. The Kier molecular flexibility index (Phi) is 5.38. The van der Waals surface area contributed by atoms with Gasteiger partial charge in [-0.15, -0.1) is 0 Å². The first-order chi connectivity index (χ1) is 12.8. The van der Waals surface area contributed by atoms with E-state index in [1.165, 1.54) is 4.68 Å². The minimum atomic E-state index is -0.124. The third-order valence-electron chi connectivity index (χ3n) is 4.97. The van der Waals surface area contributed by atoms with Crippen LogP contribution < -0.4 is 21.5 Å². The van der Waals surface area contributed by atoms with Gasteiger partial charge in [0.05, 0.1) is 18.3 Å². The van der Waals surface area contributed by atoms with Crippen LogP contribution >= 0.6 is 0 Å². The van der Waals surface area contributed by atoms with Gasteiger partial charge < -0.3 is 16.0 Å². The molecule has 27 heavy (non-hydrogen) atoms. The molecular formula is C18H25N7O2. The van der Waals surface area contributed by atoms with Gasteiger partial charge in [-0.05, 0) is 26.2 Å². The van der Waals surface area contributed by atoms with Crippen molar-refractivity contribution in [3.8, 4) is 0 Å². The zero-order valence-corrected chi connectivity index (χ0v) is 15.9. The van der Waals surface area contributed by atoms with Gasteiger partial charge >= 0.3 is 0 Å². The third kappa shape index (κ3) is 4.42. The lowest BCUT2D eigenvalue weighted by atomic mass is 10.1. The Labute approximate surface area is 157 Å². The molecule has 0 spiro atoms. The van der Waals surface area contributed by atoms with Crippen molar-refractivity contribution in [3.05, 3.63) is 39.6 Å². The van der Waals surface area contributed by atoms with Gasteiger partial charge in [-0.2, -0.15) is 5.10 Å². The number of aryl methyl sites for hydroxylation is 3. The molecular weight excluding hydrogens is 346 g/mol. The van der Waals surface area contributed by atoms with Crippen molar-refractivity contribution in [2.75, 3.05) is 30.3 Å². The zero-order valence-electron chi connectivity index (χ0n) is 15.9. The average molecular weight is 371 g/mol. The summed E-state index contributed by atoms with van der Waals surface area (Å²) in [5.41, 5.74) is 8.63. The van der Waals surface area contributed by atoms with E-state index in [0.717, 1.165) is 42.1 Å². The van der Waals surface area contributed by atoms with Crippen molar-refractivity contribution in [2.24, 2.45) is 13.0 Å². The number of nitrogens with zero attached hydrogens (tertiary/aromatic N) is 5. The SMILES string of the molecule is Cc1nc(N)nc(C)c1CC(=O)NC[C@@H]1CCN(c2cnn(C)c(=O)c2)C1. The highest BCUT2D eigenvalue weighted by atomic mass is 16.1. The van der Waals surface area contributed by atoms with Crippen LogP contribution in [0.4, 0.5) is 11.6 Å². The quantitative estimate of drug-likeness (QED) is 0.756. The van der Waals surface area contributed by atoms with E-state index in [1.807, 2.05) is 13.8 Å². The highest BCUT2D eigenvalue weighted by Crippen LogP contribution is 2.21. The predicted octanol–water partition coefficient (Wildman–Crippen LogP) is -0.0455. The molecule has 1 amide bonds. The normalized spacial score (nSPS) is 16.6. The van der Waals surface area contributed by atoms with Crippen molar-refractivity contribution in [2.45, 2.75) is 26.7 Å². The molecule has 0 saturated carbocycles. The number of carbonyl (C=O) groups excluding carboxylic acids is 1. The molecule has 1 aliphatic heterocycles. The first-order valence-electron chi connectivity index (χ1n) is 8.98. The first-order valence-corrected chi connectivity index (χ1v) is 8.98. The van der Waals surface area contributed by atoms with Gasteiger partial charge in [0.15, 0.2) is 0 Å². The summed E-state index contributed by atoms with van der Waals surface area (Å²) in [5.74, 6) is 0.511. The highest BCUT2D eigenvalue weighted by Gasteiger charge is 2.24. The van der Waals surface area contributed by atoms with Crippen molar-refractivity contribution in [3.63, 3.8) is 0 Å². The summed E-state index contributed by atoms with van der Waals surface area (Å²) in [7, 11) is 1.63. The number of amides is 1. The fourth-order valence-electron chi connectivity index (χ4n) is 3.37. The second kappa shape index (κ2) is 7.73. The summed E-state index contributed by atoms with van der Waals surface area (Å²) >= 11 is 0. The lowest BCUT2D eigenvalue weighted by Crippen LogP contribution is -2.32. The zero-order chi connectivity index (χ0) is 19.6. The summed E-state index contributed by atoms with van der Waals surface area (Å²) in [6.45, 7) is 5.90. The van der Waals surface area contributed by atoms with E-state index in [2.05, 4.69) is 25.3 Å². The third-order valence-corrected chi connectivity index (χ3v) is 4.97. The standard InChI is InChI=1S/C18H25N7O2/c1-11-15(12(2)23-18(19)22-11)7-16(26)20-8-13-4-5-25(10-13)14-6-17(27)24(3)21-9-14/h6,9,13H,4-5,7-8,10H2,1-3H3,(H,20,26)(H2,19,22,23)/t13-/m0/s1. The Hall–Kier alpha value is -2.97. The van der Waals surface area contributed by atoms with Gasteiger partial charge in [0, 0.05) is 49.7 Å². The number of carbonyl (C=O) groups is 1. The maximum absolute atomic E-state index is 12.3. The van der Waals surface area contributed by atoms with E-state index >= 15 is 0 Å². The van der Waals surface area contributed by atoms with E-state index in [4.69, 9.17) is 5.73 Å². The molecule has 0 aromatic carbocycles. The van der Waals surface area contributed by atoms with Crippen LogP contribution in [-0.4, -0.2) is 45.3 Å². The van der Waals surface area contributed by atoms with Crippen LogP contribution in [-0.2, 0) is 18.3 Å². The molecule has 144 valence electrons. The second-order valence-electron chi connectivity index (χ2n) is 6.99. The Morgan fingerprint density at radius 3 is 2.70 bits per heavy atom. The topological polar surface area (TPSA) is 119 Å². The number of hydrogen-bond donors (Lipinski definition) is 2. The molecule has 0 bridgehead atoms. The van der Waals surface area contributed by atoms with Crippen LogP contribution in [0.1, 0.15) is 23.4 Å². The number of anilines is 2. The number of rotatable bonds is 5. The Morgan fingerprint density at radius 2 is 2.04 bits per heavy atom. The van der Waals surface area contributed by atoms with E-state index in [-0.39, 0.29) is 23.8 Å². The Bertz CT molecular complexity index is 886. The summed E-state index contributed by atoms with van der Waals surface area (Å²) in [5, 5.41) is 7.06. The molecule has 1 aliphatic rings.